The lowest BCUT2D eigenvalue weighted by Crippen LogP contribution is -2.20. The van der Waals surface area contributed by atoms with E-state index in [1.54, 1.807) is 12.1 Å². The quantitative estimate of drug-likeness (QED) is 0.353. The number of nitrogens with two attached hydrogens (primary N) is 2. The molecule has 0 fully saturated rings. The van der Waals surface area contributed by atoms with Gasteiger partial charge in [0, 0.05) is 22.8 Å². The molecule has 1 heterocycles. The number of nitrogen functional groups attached to an aromatic ring is 1. The highest BCUT2D eigenvalue weighted by Gasteiger charge is 2.06. The minimum atomic E-state index is -0.153. The molecule has 0 saturated heterocycles. The van der Waals surface area contributed by atoms with Gasteiger partial charge in [-0.05, 0) is 24.3 Å². The van der Waals surface area contributed by atoms with E-state index < -0.39 is 0 Å². The number of nitrogens with one attached hydrogen (secondary N) is 2. The molecule has 0 atom stereocenters. The zero-order chi connectivity index (χ0) is 11.5. The van der Waals surface area contributed by atoms with Crippen molar-refractivity contribution in [3.63, 3.8) is 0 Å². The van der Waals surface area contributed by atoms with Crippen LogP contribution >= 0.6 is 11.5 Å². The van der Waals surface area contributed by atoms with E-state index in [2.05, 4.69) is 14.7 Å². The molecular formula is C9H10N6S. The van der Waals surface area contributed by atoms with Crippen LogP contribution in [0.2, 0.25) is 0 Å². The van der Waals surface area contributed by atoms with Crippen LogP contribution in [0, 0.1) is 5.41 Å². The van der Waals surface area contributed by atoms with Crippen LogP contribution in [0.15, 0.2) is 24.3 Å². The Hall–Kier alpha value is -2.15. The molecule has 0 amide bonds. The van der Waals surface area contributed by atoms with Gasteiger partial charge in [0.15, 0.2) is 11.8 Å². The van der Waals surface area contributed by atoms with Gasteiger partial charge in [-0.25, -0.2) is 0 Å². The molecule has 16 heavy (non-hydrogen) atoms. The molecule has 0 aliphatic rings. The third-order valence-electron chi connectivity index (χ3n) is 1.84. The summed E-state index contributed by atoms with van der Waals surface area (Å²) < 4.78 is 4.14. The van der Waals surface area contributed by atoms with Crippen molar-refractivity contribution in [2.45, 2.75) is 0 Å². The first-order chi connectivity index (χ1) is 7.65. The zero-order valence-corrected chi connectivity index (χ0v) is 9.08. The Balaban J connectivity index is 2.24. The average Bonchev–Trinajstić information content (AvgIpc) is 2.66. The average molecular weight is 234 g/mol. The van der Waals surface area contributed by atoms with Crippen LogP contribution in [0.25, 0.3) is 11.4 Å². The van der Waals surface area contributed by atoms with Crippen molar-refractivity contribution in [1.29, 1.82) is 5.41 Å². The summed E-state index contributed by atoms with van der Waals surface area (Å²) in [7, 11) is 0. The van der Waals surface area contributed by atoms with Crippen molar-refractivity contribution in [3.8, 4) is 11.4 Å². The van der Waals surface area contributed by atoms with Gasteiger partial charge in [-0.15, -0.1) is 0 Å². The molecule has 0 saturated carbocycles. The zero-order valence-electron chi connectivity index (χ0n) is 8.27. The van der Waals surface area contributed by atoms with E-state index in [4.69, 9.17) is 16.9 Å². The molecule has 0 aliphatic carbocycles. The Kier molecular flexibility index (Phi) is 2.69. The fourth-order valence-electron chi connectivity index (χ4n) is 1.14. The van der Waals surface area contributed by atoms with Crippen molar-refractivity contribution < 1.29 is 0 Å². The largest absolute Gasteiger partial charge is 0.399 e. The second-order valence-electron chi connectivity index (χ2n) is 3.08. The molecule has 0 bridgehead atoms. The van der Waals surface area contributed by atoms with Gasteiger partial charge in [0.1, 0.15) is 0 Å². The van der Waals surface area contributed by atoms with Crippen molar-refractivity contribution in [3.05, 3.63) is 24.3 Å². The van der Waals surface area contributed by atoms with Crippen LogP contribution in [0.4, 0.5) is 10.8 Å². The van der Waals surface area contributed by atoms with Crippen LogP contribution < -0.4 is 16.8 Å². The lowest BCUT2D eigenvalue weighted by molar-refractivity contribution is 1.31. The van der Waals surface area contributed by atoms with Gasteiger partial charge in [0.2, 0.25) is 5.13 Å². The second kappa shape index (κ2) is 4.15. The fourth-order valence-corrected chi connectivity index (χ4v) is 1.74. The standard InChI is InChI=1S/C9H10N6S/c10-6-3-1-5(2-4-6)7-13-9(16-15-7)14-8(11)12/h1-4H,10H2,(H4,11,12,13,14,15). The Bertz CT molecular complexity index is 503. The number of rotatable bonds is 2. The van der Waals surface area contributed by atoms with E-state index in [9.17, 15) is 0 Å². The van der Waals surface area contributed by atoms with Gasteiger partial charge < -0.3 is 16.8 Å². The first-order valence-electron chi connectivity index (χ1n) is 4.46. The highest BCUT2D eigenvalue weighted by molar-refractivity contribution is 7.10. The molecule has 2 aromatic rings. The number of nitrogens with zero attached hydrogens (tertiary/aromatic N) is 2. The van der Waals surface area contributed by atoms with E-state index in [1.165, 1.54) is 0 Å². The Morgan fingerprint density at radius 3 is 2.62 bits per heavy atom. The molecule has 0 spiro atoms. The van der Waals surface area contributed by atoms with Crippen molar-refractivity contribution in [1.82, 2.24) is 9.36 Å². The van der Waals surface area contributed by atoms with Crippen LogP contribution in [-0.4, -0.2) is 15.3 Å². The SMILES string of the molecule is N=C(N)Nc1nc(-c2ccc(N)cc2)ns1. The van der Waals surface area contributed by atoms with Gasteiger partial charge in [0.05, 0.1) is 0 Å². The van der Waals surface area contributed by atoms with E-state index in [-0.39, 0.29) is 5.96 Å². The normalized spacial score (nSPS) is 10.0. The number of anilines is 2. The predicted molar refractivity (Wildman–Crippen MR) is 65.3 cm³/mol. The molecule has 82 valence electrons. The monoisotopic (exact) mass is 234 g/mol. The third kappa shape index (κ3) is 2.26. The molecule has 0 aliphatic heterocycles. The van der Waals surface area contributed by atoms with Crippen LogP contribution in [0.5, 0.6) is 0 Å². The molecular weight excluding hydrogens is 224 g/mol. The Labute approximate surface area is 96.0 Å². The molecule has 1 aromatic carbocycles. The predicted octanol–water partition coefficient (Wildman–Crippen LogP) is 1.09. The summed E-state index contributed by atoms with van der Waals surface area (Å²) in [4.78, 5) is 4.18. The van der Waals surface area contributed by atoms with Gasteiger partial charge in [-0.2, -0.15) is 9.36 Å². The van der Waals surface area contributed by atoms with Crippen LogP contribution in [0.3, 0.4) is 0 Å². The first-order valence-corrected chi connectivity index (χ1v) is 5.23. The smallest absolute Gasteiger partial charge is 0.209 e. The summed E-state index contributed by atoms with van der Waals surface area (Å²) in [5.74, 6) is 0.439. The molecule has 1 aromatic heterocycles. The molecule has 2 rings (SSSR count). The summed E-state index contributed by atoms with van der Waals surface area (Å²) in [5.41, 5.74) is 12.3. The molecule has 6 nitrogen and oxygen atoms in total. The van der Waals surface area contributed by atoms with Gasteiger partial charge >= 0.3 is 0 Å². The van der Waals surface area contributed by atoms with Crippen molar-refractivity contribution >= 4 is 28.3 Å². The minimum absolute atomic E-state index is 0.153. The number of guanidine groups is 1. The van der Waals surface area contributed by atoms with E-state index in [0.717, 1.165) is 17.1 Å². The minimum Gasteiger partial charge on any atom is -0.399 e. The van der Waals surface area contributed by atoms with Crippen molar-refractivity contribution in [2.24, 2.45) is 5.73 Å². The van der Waals surface area contributed by atoms with Gasteiger partial charge in [-0.3, -0.25) is 5.41 Å². The number of benzene rings is 1. The highest BCUT2D eigenvalue weighted by Crippen LogP contribution is 2.21. The summed E-state index contributed by atoms with van der Waals surface area (Å²) in [6.45, 7) is 0. The maximum Gasteiger partial charge on any atom is 0.209 e. The molecule has 7 heteroatoms. The number of aromatic nitrogens is 2. The van der Waals surface area contributed by atoms with Gasteiger partial charge in [-0.1, -0.05) is 0 Å². The maximum atomic E-state index is 7.06. The lowest BCUT2D eigenvalue weighted by Gasteiger charge is -1.96. The van der Waals surface area contributed by atoms with Crippen LogP contribution in [0.1, 0.15) is 0 Å². The lowest BCUT2D eigenvalue weighted by atomic mass is 10.2. The second-order valence-corrected chi connectivity index (χ2v) is 3.84. The fraction of sp³-hybridized carbons (Fsp3) is 0. The highest BCUT2D eigenvalue weighted by atomic mass is 32.1. The maximum absolute atomic E-state index is 7.06. The first kappa shape index (κ1) is 10.4. The summed E-state index contributed by atoms with van der Waals surface area (Å²) in [6, 6.07) is 7.26. The Morgan fingerprint density at radius 2 is 2.00 bits per heavy atom. The molecule has 0 radical (unpaired) electrons. The number of hydrogen-bond donors (Lipinski definition) is 4. The molecule has 6 N–H and O–H groups in total. The van der Waals surface area contributed by atoms with Crippen LogP contribution in [-0.2, 0) is 0 Å². The third-order valence-corrected chi connectivity index (χ3v) is 2.47. The van der Waals surface area contributed by atoms with E-state index >= 15 is 0 Å². The summed E-state index contributed by atoms with van der Waals surface area (Å²) >= 11 is 1.15. The van der Waals surface area contributed by atoms with Crippen molar-refractivity contribution in [2.75, 3.05) is 11.1 Å². The van der Waals surface area contributed by atoms with E-state index in [1.807, 2.05) is 12.1 Å². The summed E-state index contributed by atoms with van der Waals surface area (Å²) in [5, 5.41) is 10.1. The number of hydrogen-bond acceptors (Lipinski definition) is 5. The topological polar surface area (TPSA) is 114 Å². The molecule has 0 unspecified atom stereocenters. The summed E-state index contributed by atoms with van der Waals surface area (Å²) in [6.07, 6.45) is 0. The Morgan fingerprint density at radius 1 is 1.31 bits per heavy atom. The van der Waals surface area contributed by atoms with E-state index in [0.29, 0.717) is 16.6 Å². The van der Waals surface area contributed by atoms with Gasteiger partial charge in [0.25, 0.3) is 0 Å².